The summed E-state index contributed by atoms with van der Waals surface area (Å²) in [5.74, 6) is 0.106. The minimum atomic E-state index is -3.70. The number of hydrogen-bond donors (Lipinski definition) is 1. The molecule has 1 rings (SSSR count). The van der Waals surface area contributed by atoms with Gasteiger partial charge in [-0.3, -0.25) is 0 Å². The summed E-state index contributed by atoms with van der Waals surface area (Å²) < 4.78 is 27.6. The number of amidine groups is 1. The zero-order chi connectivity index (χ0) is 6.91. The van der Waals surface area contributed by atoms with E-state index < -0.39 is 10.3 Å². The minimum absolute atomic E-state index is 0.106. The van der Waals surface area contributed by atoms with E-state index in [0.717, 1.165) is 0 Å². The highest BCUT2D eigenvalue weighted by Gasteiger charge is 2.17. The molecule has 0 amide bonds. The van der Waals surface area contributed by atoms with Gasteiger partial charge in [-0.25, -0.2) is 5.48 Å². The van der Waals surface area contributed by atoms with Gasteiger partial charge in [0.05, 0.1) is 0 Å². The second kappa shape index (κ2) is 1.82. The summed E-state index contributed by atoms with van der Waals surface area (Å²) in [6, 6.07) is 0. The molecule has 0 radical (unpaired) electrons. The molecule has 0 saturated carbocycles. The van der Waals surface area contributed by atoms with Crippen LogP contribution in [0.4, 0.5) is 0 Å². The van der Waals surface area contributed by atoms with Crippen LogP contribution in [0, 0.1) is 0 Å². The first kappa shape index (κ1) is 6.24. The maximum Gasteiger partial charge on any atom is 0.403 e. The van der Waals surface area contributed by atoms with Crippen LogP contribution >= 0.6 is 0 Å². The number of hydrogen-bond acceptors (Lipinski definition) is 4. The van der Waals surface area contributed by atoms with E-state index in [1.807, 2.05) is 5.48 Å². The van der Waals surface area contributed by atoms with Crippen LogP contribution in [0.25, 0.3) is 0 Å². The zero-order valence-corrected chi connectivity index (χ0v) is 5.18. The number of nitrogens with one attached hydrogen (secondary N) is 1. The molecular formula is C3H4N2O3S. The lowest BCUT2D eigenvalue weighted by molar-refractivity contribution is 0.282. The molecule has 0 aromatic rings. The van der Waals surface area contributed by atoms with Crippen LogP contribution in [-0.4, -0.2) is 14.3 Å². The van der Waals surface area contributed by atoms with Crippen LogP contribution in [0.1, 0.15) is 0 Å². The summed E-state index contributed by atoms with van der Waals surface area (Å²) in [5, 5.41) is 0. The summed E-state index contributed by atoms with van der Waals surface area (Å²) in [6.45, 7) is 3.27. The van der Waals surface area contributed by atoms with Gasteiger partial charge in [0.2, 0.25) is 0 Å². The molecule has 6 heteroatoms. The van der Waals surface area contributed by atoms with Crippen molar-refractivity contribution < 1.29 is 12.7 Å². The minimum Gasteiger partial charge on any atom is -0.229 e. The molecule has 1 N–H and O–H groups in total. The predicted octanol–water partition coefficient (Wildman–Crippen LogP) is -0.649. The van der Waals surface area contributed by atoms with E-state index in [9.17, 15) is 8.42 Å². The summed E-state index contributed by atoms with van der Waals surface area (Å²) in [7, 11) is -3.70. The summed E-state index contributed by atoms with van der Waals surface area (Å²) in [6.07, 6.45) is 1.24. The van der Waals surface area contributed by atoms with Crippen LogP contribution in [-0.2, 0) is 14.6 Å². The smallest absolute Gasteiger partial charge is 0.229 e. The van der Waals surface area contributed by atoms with Crippen molar-refractivity contribution in [3.05, 3.63) is 12.7 Å². The first-order chi connectivity index (χ1) is 4.14. The van der Waals surface area contributed by atoms with Crippen LogP contribution in [0.2, 0.25) is 0 Å². The summed E-state index contributed by atoms with van der Waals surface area (Å²) in [4.78, 5) is 0. The van der Waals surface area contributed by atoms with Crippen LogP contribution in [0.5, 0.6) is 0 Å². The Kier molecular flexibility index (Phi) is 1.26. The number of hydroxylamine groups is 1. The predicted molar refractivity (Wildman–Crippen MR) is 30.8 cm³/mol. The van der Waals surface area contributed by atoms with Crippen LogP contribution < -0.4 is 5.48 Å². The van der Waals surface area contributed by atoms with Crippen LogP contribution in [0.15, 0.2) is 17.1 Å². The van der Waals surface area contributed by atoms with Crippen molar-refractivity contribution in [1.29, 1.82) is 0 Å². The molecule has 1 aliphatic heterocycles. The van der Waals surface area contributed by atoms with Crippen molar-refractivity contribution in [2.24, 2.45) is 4.40 Å². The molecule has 0 unspecified atom stereocenters. The fraction of sp³-hybridized carbons (Fsp3) is 0. The standard InChI is InChI=1S/C3H4N2O3S/c1-2-3-4-8-9(6,7)5-3/h2H,1H2,(H,4,5). The lowest BCUT2D eigenvalue weighted by Gasteiger charge is -1.85. The highest BCUT2D eigenvalue weighted by molar-refractivity contribution is 7.85. The third-order valence-electron chi connectivity index (χ3n) is 0.655. The third-order valence-corrected chi connectivity index (χ3v) is 1.37. The normalized spacial score (nSPS) is 22.4. The molecule has 0 saturated heterocycles. The van der Waals surface area contributed by atoms with Crippen molar-refractivity contribution in [3.8, 4) is 0 Å². The Labute approximate surface area is 52.3 Å². The first-order valence-corrected chi connectivity index (χ1v) is 3.42. The van der Waals surface area contributed by atoms with Crippen molar-refractivity contribution in [1.82, 2.24) is 5.48 Å². The van der Waals surface area contributed by atoms with E-state index >= 15 is 0 Å². The molecule has 5 nitrogen and oxygen atoms in total. The Morgan fingerprint density at radius 1 is 1.78 bits per heavy atom. The molecule has 9 heavy (non-hydrogen) atoms. The summed E-state index contributed by atoms with van der Waals surface area (Å²) in [5.41, 5.74) is 2.04. The van der Waals surface area contributed by atoms with Crippen LogP contribution in [0.3, 0.4) is 0 Å². The molecule has 1 heterocycles. The van der Waals surface area contributed by atoms with E-state index in [-0.39, 0.29) is 5.84 Å². The lowest BCUT2D eigenvalue weighted by Crippen LogP contribution is -2.14. The van der Waals surface area contributed by atoms with E-state index in [2.05, 4.69) is 15.3 Å². The average Bonchev–Trinajstić information content (AvgIpc) is 2.10. The average molecular weight is 148 g/mol. The fourth-order valence-corrected chi connectivity index (χ4v) is 0.913. The Bertz CT molecular complexity index is 252. The van der Waals surface area contributed by atoms with E-state index in [1.165, 1.54) is 6.08 Å². The van der Waals surface area contributed by atoms with Gasteiger partial charge in [0, 0.05) is 0 Å². The van der Waals surface area contributed by atoms with Gasteiger partial charge in [0.1, 0.15) is 0 Å². The van der Waals surface area contributed by atoms with Crippen molar-refractivity contribution in [2.75, 3.05) is 0 Å². The maximum atomic E-state index is 10.3. The van der Waals surface area contributed by atoms with Crippen molar-refractivity contribution in [2.45, 2.75) is 0 Å². The highest BCUT2D eigenvalue weighted by Crippen LogP contribution is 1.99. The molecule has 0 spiro atoms. The largest absolute Gasteiger partial charge is 0.403 e. The van der Waals surface area contributed by atoms with Gasteiger partial charge in [-0.2, -0.15) is 8.42 Å². The maximum absolute atomic E-state index is 10.3. The van der Waals surface area contributed by atoms with Gasteiger partial charge >= 0.3 is 10.3 Å². The third kappa shape index (κ3) is 1.27. The Hall–Kier alpha value is -0.880. The van der Waals surface area contributed by atoms with Gasteiger partial charge in [0.25, 0.3) is 0 Å². The van der Waals surface area contributed by atoms with Gasteiger partial charge in [-0.15, -0.1) is 8.68 Å². The first-order valence-electron chi connectivity index (χ1n) is 2.06. The topological polar surface area (TPSA) is 67.8 Å². The van der Waals surface area contributed by atoms with Gasteiger partial charge < -0.3 is 0 Å². The number of nitrogens with zero attached hydrogens (tertiary/aromatic N) is 1. The lowest BCUT2D eigenvalue weighted by atomic mass is 10.6. The Morgan fingerprint density at radius 3 is 2.67 bits per heavy atom. The monoisotopic (exact) mass is 148 g/mol. The molecule has 0 atom stereocenters. The quantitative estimate of drug-likeness (QED) is 0.536. The molecule has 0 aromatic heterocycles. The second-order valence-corrected chi connectivity index (χ2v) is 2.50. The SMILES string of the molecule is C=CC1=NS(=O)(=O)ON1. The fourth-order valence-electron chi connectivity index (χ4n) is 0.332. The van der Waals surface area contributed by atoms with E-state index in [0.29, 0.717) is 0 Å². The molecule has 0 fully saturated rings. The highest BCUT2D eigenvalue weighted by atomic mass is 32.2. The van der Waals surface area contributed by atoms with Gasteiger partial charge in [0.15, 0.2) is 5.84 Å². The Balaban J connectivity index is 2.98. The second-order valence-electron chi connectivity index (χ2n) is 1.29. The molecular weight excluding hydrogens is 144 g/mol. The molecule has 0 aliphatic carbocycles. The van der Waals surface area contributed by atoms with Gasteiger partial charge in [-0.1, -0.05) is 6.58 Å². The Morgan fingerprint density at radius 2 is 2.44 bits per heavy atom. The molecule has 50 valence electrons. The molecule has 0 bridgehead atoms. The van der Waals surface area contributed by atoms with Gasteiger partial charge in [-0.05, 0) is 6.08 Å². The zero-order valence-electron chi connectivity index (χ0n) is 4.36. The van der Waals surface area contributed by atoms with E-state index in [4.69, 9.17) is 0 Å². The molecule has 0 aromatic carbocycles. The number of rotatable bonds is 1. The van der Waals surface area contributed by atoms with E-state index in [1.54, 1.807) is 0 Å². The summed E-state index contributed by atoms with van der Waals surface area (Å²) >= 11 is 0. The van der Waals surface area contributed by atoms with Crippen molar-refractivity contribution in [3.63, 3.8) is 0 Å². The van der Waals surface area contributed by atoms with Crippen molar-refractivity contribution >= 4 is 16.1 Å². The molecule has 1 aliphatic rings.